The number of aryl methyl sites for hydroxylation is 2. The van der Waals surface area contributed by atoms with Crippen molar-refractivity contribution in [1.82, 2.24) is 15.0 Å². The zero-order valence-electron chi connectivity index (χ0n) is 12.0. The second kappa shape index (κ2) is 6.05. The van der Waals surface area contributed by atoms with Gasteiger partial charge in [-0.25, -0.2) is 15.0 Å². The van der Waals surface area contributed by atoms with Crippen molar-refractivity contribution in [3.05, 3.63) is 47.1 Å². The molecule has 3 aromatic rings. The van der Waals surface area contributed by atoms with E-state index >= 15 is 0 Å². The standard InChI is InChI=1S/C15H16N4OS/c1-3-11-7-14(18-10(2)17-11)16-8-12-9-21-15(19-12)13-5-4-6-20-13/h4-7,9H,3,8H2,1-2H3,(H,16,17,18). The summed E-state index contributed by atoms with van der Waals surface area (Å²) in [4.78, 5) is 13.3. The average Bonchev–Trinajstić information content (AvgIpc) is 3.15. The van der Waals surface area contributed by atoms with Gasteiger partial charge in [0, 0.05) is 17.1 Å². The molecule has 21 heavy (non-hydrogen) atoms. The highest BCUT2D eigenvalue weighted by Gasteiger charge is 2.07. The summed E-state index contributed by atoms with van der Waals surface area (Å²) in [5.41, 5.74) is 2.01. The molecule has 0 amide bonds. The van der Waals surface area contributed by atoms with E-state index in [0.29, 0.717) is 6.54 Å². The highest BCUT2D eigenvalue weighted by atomic mass is 32.1. The molecule has 0 saturated heterocycles. The number of hydrogen-bond acceptors (Lipinski definition) is 6. The maximum absolute atomic E-state index is 5.35. The Bertz CT molecular complexity index is 721. The van der Waals surface area contributed by atoms with Crippen LogP contribution in [0.15, 0.2) is 34.3 Å². The second-order valence-electron chi connectivity index (χ2n) is 4.62. The predicted octanol–water partition coefficient (Wildman–Crippen LogP) is 3.68. The molecule has 0 unspecified atom stereocenters. The van der Waals surface area contributed by atoms with E-state index in [9.17, 15) is 0 Å². The molecule has 108 valence electrons. The minimum absolute atomic E-state index is 0.636. The number of hydrogen-bond donors (Lipinski definition) is 1. The molecule has 0 bridgehead atoms. The zero-order valence-corrected chi connectivity index (χ0v) is 12.8. The first-order valence-electron chi connectivity index (χ1n) is 6.81. The smallest absolute Gasteiger partial charge is 0.162 e. The molecule has 0 fully saturated rings. The molecular weight excluding hydrogens is 284 g/mol. The number of furan rings is 1. The van der Waals surface area contributed by atoms with Gasteiger partial charge in [-0.15, -0.1) is 11.3 Å². The van der Waals surface area contributed by atoms with Gasteiger partial charge in [0.05, 0.1) is 18.5 Å². The van der Waals surface area contributed by atoms with Crippen LogP contribution in [0.3, 0.4) is 0 Å². The molecule has 0 radical (unpaired) electrons. The third-order valence-corrected chi connectivity index (χ3v) is 3.89. The van der Waals surface area contributed by atoms with E-state index in [0.717, 1.165) is 40.2 Å². The Kier molecular flexibility index (Phi) is 3.96. The molecule has 0 aliphatic carbocycles. The SMILES string of the molecule is CCc1cc(NCc2csc(-c3ccco3)n2)nc(C)n1. The van der Waals surface area contributed by atoms with Gasteiger partial charge in [0.1, 0.15) is 11.6 Å². The van der Waals surface area contributed by atoms with Crippen LogP contribution in [0.5, 0.6) is 0 Å². The monoisotopic (exact) mass is 300 g/mol. The topological polar surface area (TPSA) is 63.8 Å². The normalized spacial score (nSPS) is 10.8. The Morgan fingerprint density at radius 3 is 2.90 bits per heavy atom. The van der Waals surface area contributed by atoms with E-state index in [4.69, 9.17) is 4.42 Å². The molecular formula is C15H16N4OS. The lowest BCUT2D eigenvalue weighted by atomic mass is 10.3. The summed E-state index contributed by atoms with van der Waals surface area (Å²) in [6.45, 7) is 4.63. The molecule has 3 aromatic heterocycles. The highest BCUT2D eigenvalue weighted by molar-refractivity contribution is 7.13. The molecule has 0 atom stereocenters. The number of thiazole rings is 1. The number of anilines is 1. The second-order valence-corrected chi connectivity index (χ2v) is 5.48. The van der Waals surface area contributed by atoms with Crippen LogP contribution in [0, 0.1) is 6.92 Å². The van der Waals surface area contributed by atoms with E-state index in [1.807, 2.05) is 30.5 Å². The first-order valence-corrected chi connectivity index (χ1v) is 7.69. The van der Waals surface area contributed by atoms with E-state index in [2.05, 4.69) is 27.2 Å². The Balaban J connectivity index is 1.69. The summed E-state index contributed by atoms with van der Waals surface area (Å²) < 4.78 is 5.35. The minimum Gasteiger partial charge on any atom is -0.462 e. The number of aromatic nitrogens is 3. The van der Waals surface area contributed by atoms with Gasteiger partial charge < -0.3 is 9.73 Å². The maximum atomic E-state index is 5.35. The summed E-state index contributed by atoms with van der Waals surface area (Å²) in [5.74, 6) is 2.43. The first-order chi connectivity index (χ1) is 10.2. The van der Waals surface area contributed by atoms with Gasteiger partial charge in [0.2, 0.25) is 0 Å². The van der Waals surface area contributed by atoms with Crippen LogP contribution in [0.25, 0.3) is 10.8 Å². The summed E-state index contributed by atoms with van der Waals surface area (Å²) >= 11 is 1.58. The molecule has 0 aromatic carbocycles. The van der Waals surface area contributed by atoms with Gasteiger partial charge in [-0.05, 0) is 25.5 Å². The van der Waals surface area contributed by atoms with Crippen LogP contribution in [0.4, 0.5) is 5.82 Å². The van der Waals surface area contributed by atoms with Crippen molar-refractivity contribution in [1.29, 1.82) is 0 Å². The van der Waals surface area contributed by atoms with E-state index in [1.54, 1.807) is 17.6 Å². The molecule has 0 saturated carbocycles. The van der Waals surface area contributed by atoms with Crippen LogP contribution in [-0.2, 0) is 13.0 Å². The Morgan fingerprint density at radius 2 is 2.14 bits per heavy atom. The quantitative estimate of drug-likeness (QED) is 0.778. The van der Waals surface area contributed by atoms with Crippen molar-refractivity contribution in [3.8, 4) is 10.8 Å². The van der Waals surface area contributed by atoms with Gasteiger partial charge in [-0.1, -0.05) is 6.92 Å². The van der Waals surface area contributed by atoms with Crippen molar-refractivity contribution in [2.45, 2.75) is 26.8 Å². The fourth-order valence-electron chi connectivity index (χ4n) is 1.98. The van der Waals surface area contributed by atoms with Crippen LogP contribution >= 0.6 is 11.3 Å². The lowest BCUT2D eigenvalue weighted by molar-refractivity contribution is 0.581. The summed E-state index contributed by atoms with van der Waals surface area (Å²) in [6, 6.07) is 5.76. The van der Waals surface area contributed by atoms with Gasteiger partial charge in [0.25, 0.3) is 0 Å². The summed E-state index contributed by atoms with van der Waals surface area (Å²) in [7, 11) is 0. The Labute approximate surface area is 127 Å². The van der Waals surface area contributed by atoms with Crippen LogP contribution in [-0.4, -0.2) is 15.0 Å². The van der Waals surface area contributed by atoms with Crippen molar-refractivity contribution >= 4 is 17.2 Å². The Morgan fingerprint density at radius 1 is 1.24 bits per heavy atom. The maximum Gasteiger partial charge on any atom is 0.162 e. The van der Waals surface area contributed by atoms with Crippen molar-refractivity contribution in [3.63, 3.8) is 0 Å². The number of nitrogens with one attached hydrogen (secondary N) is 1. The highest BCUT2D eigenvalue weighted by Crippen LogP contribution is 2.24. The van der Waals surface area contributed by atoms with Gasteiger partial charge >= 0.3 is 0 Å². The third-order valence-electron chi connectivity index (χ3n) is 2.99. The molecule has 0 aliphatic rings. The molecule has 3 rings (SSSR count). The lowest BCUT2D eigenvalue weighted by Crippen LogP contribution is -2.05. The van der Waals surface area contributed by atoms with E-state index < -0.39 is 0 Å². The van der Waals surface area contributed by atoms with Crippen LogP contribution in [0.2, 0.25) is 0 Å². The molecule has 6 heteroatoms. The van der Waals surface area contributed by atoms with Crippen molar-refractivity contribution in [2.75, 3.05) is 5.32 Å². The first kappa shape index (κ1) is 13.8. The largest absolute Gasteiger partial charge is 0.462 e. The molecule has 0 aliphatic heterocycles. The molecule has 5 nitrogen and oxygen atoms in total. The lowest BCUT2D eigenvalue weighted by Gasteiger charge is -2.06. The Hall–Kier alpha value is -2.21. The number of rotatable bonds is 5. The van der Waals surface area contributed by atoms with Gasteiger partial charge in [-0.3, -0.25) is 0 Å². The summed E-state index contributed by atoms with van der Waals surface area (Å²) in [6.07, 6.45) is 2.56. The zero-order chi connectivity index (χ0) is 14.7. The predicted molar refractivity (Wildman–Crippen MR) is 83.3 cm³/mol. The third kappa shape index (κ3) is 3.28. The van der Waals surface area contributed by atoms with E-state index in [-0.39, 0.29) is 0 Å². The van der Waals surface area contributed by atoms with Gasteiger partial charge in [0.15, 0.2) is 10.8 Å². The molecule has 1 N–H and O–H groups in total. The average molecular weight is 300 g/mol. The fourth-order valence-corrected chi connectivity index (χ4v) is 2.77. The van der Waals surface area contributed by atoms with Crippen molar-refractivity contribution < 1.29 is 4.42 Å². The van der Waals surface area contributed by atoms with Crippen LogP contribution < -0.4 is 5.32 Å². The molecule has 0 spiro atoms. The van der Waals surface area contributed by atoms with E-state index in [1.165, 1.54) is 0 Å². The minimum atomic E-state index is 0.636. The van der Waals surface area contributed by atoms with Gasteiger partial charge in [-0.2, -0.15) is 0 Å². The van der Waals surface area contributed by atoms with Crippen molar-refractivity contribution in [2.24, 2.45) is 0 Å². The molecule has 3 heterocycles. The van der Waals surface area contributed by atoms with Crippen LogP contribution in [0.1, 0.15) is 24.1 Å². The summed E-state index contributed by atoms with van der Waals surface area (Å²) in [5, 5.41) is 6.22. The number of nitrogens with zero attached hydrogens (tertiary/aromatic N) is 3. The fraction of sp³-hybridized carbons (Fsp3) is 0.267.